The molecule has 1 heterocycles. The lowest BCUT2D eigenvalue weighted by atomic mass is 9.65. The maximum Gasteiger partial charge on any atom is 0.152 e. The van der Waals surface area contributed by atoms with Gasteiger partial charge in [0.05, 0.1) is 32.7 Å². The van der Waals surface area contributed by atoms with Gasteiger partial charge in [0.1, 0.15) is 17.4 Å². The Kier molecular flexibility index (Phi) is 5.00. The summed E-state index contributed by atoms with van der Waals surface area (Å²) < 4.78 is 22.9. The Morgan fingerprint density at radius 1 is 1.52 bits per heavy atom. The Bertz CT molecular complexity index is 845. The van der Waals surface area contributed by atoms with E-state index in [-0.39, 0.29) is 16.1 Å². The smallest absolute Gasteiger partial charge is 0.152 e. The van der Waals surface area contributed by atoms with Gasteiger partial charge in [0.15, 0.2) is 5.82 Å². The van der Waals surface area contributed by atoms with Crippen molar-refractivity contribution in [3.63, 3.8) is 0 Å². The largest absolute Gasteiger partial charge is 0.492 e. The number of nitrogens with zero attached hydrogens (tertiary/aromatic N) is 3. The maximum absolute atomic E-state index is 14.7. The Morgan fingerprint density at radius 2 is 2.20 bits per heavy atom. The van der Waals surface area contributed by atoms with E-state index in [0.29, 0.717) is 29.4 Å². The lowest BCUT2D eigenvalue weighted by molar-refractivity contribution is 0.0551. The number of aryl methyl sites for hydroxylation is 1. The van der Waals surface area contributed by atoms with Crippen molar-refractivity contribution in [2.45, 2.75) is 26.7 Å². The van der Waals surface area contributed by atoms with Gasteiger partial charge in [-0.05, 0) is 46.8 Å². The minimum absolute atomic E-state index is 0.0602. The van der Waals surface area contributed by atoms with Gasteiger partial charge in [-0.25, -0.2) is 4.39 Å². The number of hydrogen-bond acceptors (Lipinski definition) is 3. The first-order valence-corrected chi connectivity index (χ1v) is 9.42. The SMILES string of the molecule is Cn1ncc(I)c1-c1c(F)c(Cl)cc(OCC2CC(C)(C)C2)c1C#N. The van der Waals surface area contributed by atoms with Crippen molar-refractivity contribution < 1.29 is 9.13 Å². The lowest BCUT2D eigenvalue weighted by Gasteiger charge is -2.42. The van der Waals surface area contributed by atoms with Crippen molar-refractivity contribution in [2.75, 3.05) is 6.61 Å². The predicted octanol–water partition coefficient (Wildman–Crippen LogP) is 5.17. The molecule has 132 valence electrons. The first kappa shape index (κ1) is 18.5. The van der Waals surface area contributed by atoms with Crippen molar-refractivity contribution in [2.24, 2.45) is 18.4 Å². The lowest BCUT2D eigenvalue weighted by Crippen LogP contribution is -2.35. The standard InChI is InChI=1S/C18H18ClFIN3O/c1-18(2)5-10(6-18)9-25-14-4-12(19)16(20)15(11(14)7-22)17-13(21)8-23-24(17)3/h4,8,10H,5-6,9H2,1-3H3. The summed E-state index contributed by atoms with van der Waals surface area (Å²) in [5.41, 5.74) is 1.17. The van der Waals surface area contributed by atoms with E-state index < -0.39 is 5.82 Å². The molecule has 0 aliphatic heterocycles. The fraction of sp³-hybridized carbons (Fsp3) is 0.444. The molecule has 0 spiro atoms. The molecule has 0 amide bonds. The van der Waals surface area contributed by atoms with Gasteiger partial charge in [-0.3, -0.25) is 4.68 Å². The van der Waals surface area contributed by atoms with E-state index in [1.165, 1.54) is 10.7 Å². The number of rotatable bonds is 4. The maximum atomic E-state index is 14.7. The normalized spacial score (nSPS) is 16.4. The van der Waals surface area contributed by atoms with Gasteiger partial charge in [-0.2, -0.15) is 10.4 Å². The summed E-state index contributed by atoms with van der Waals surface area (Å²) in [4.78, 5) is 0. The second kappa shape index (κ2) is 6.76. The Morgan fingerprint density at radius 3 is 2.72 bits per heavy atom. The first-order chi connectivity index (χ1) is 11.7. The highest BCUT2D eigenvalue weighted by Crippen LogP contribution is 2.45. The Balaban J connectivity index is 1.99. The van der Waals surface area contributed by atoms with Crippen LogP contribution in [0.3, 0.4) is 0 Å². The third kappa shape index (κ3) is 3.49. The summed E-state index contributed by atoms with van der Waals surface area (Å²) in [5, 5.41) is 13.7. The summed E-state index contributed by atoms with van der Waals surface area (Å²) in [6, 6.07) is 3.48. The van der Waals surface area contributed by atoms with Crippen LogP contribution in [0, 0.1) is 32.1 Å². The number of halogens is 3. The summed E-state index contributed by atoms with van der Waals surface area (Å²) in [7, 11) is 1.70. The number of nitriles is 1. The van der Waals surface area contributed by atoms with Crippen LogP contribution in [0.4, 0.5) is 4.39 Å². The molecular weight excluding hydrogens is 456 g/mol. The molecule has 0 saturated heterocycles. The van der Waals surface area contributed by atoms with Crippen LogP contribution in [0.25, 0.3) is 11.3 Å². The molecule has 1 aliphatic rings. The van der Waals surface area contributed by atoms with E-state index in [1.54, 1.807) is 13.2 Å². The highest BCUT2D eigenvalue weighted by molar-refractivity contribution is 14.1. The summed E-state index contributed by atoms with van der Waals surface area (Å²) in [5.74, 6) is 0.146. The van der Waals surface area contributed by atoms with Crippen LogP contribution >= 0.6 is 34.2 Å². The van der Waals surface area contributed by atoms with E-state index in [1.807, 2.05) is 0 Å². The van der Waals surface area contributed by atoms with Crippen LogP contribution in [0.1, 0.15) is 32.3 Å². The minimum atomic E-state index is -0.628. The number of ether oxygens (including phenoxy) is 1. The van der Waals surface area contributed by atoms with Crippen molar-refractivity contribution in [3.05, 3.63) is 32.2 Å². The van der Waals surface area contributed by atoms with E-state index in [0.717, 1.165) is 16.4 Å². The van der Waals surface area contributed by atoms with Crippen molar-refractivity contribution >= 4 is 34.2 Å². The molecule has 2 aromatic rings. The Labute approximate surface area is 165 Å². The molecule has 0 bridgehead atoms. The fourth-order valence-corrected chi connectivity index (χ4v) is 4.51. The van der Waals surface area contributed by atoms with Crippen molar-refractivity contribution in [1.29, 1.82) is 5.26 Å². The second-order valence-electron chi connectivity index (χ2n) is 7.25. The molecule has 1 fully saturated rings. The zero-order valence-corrected chi connectivity index (χ0v) is 17.2. The van der Waals surface area contributed by atoms with Crippen molar-refractivity contribution in [1.82, 2.24) is 9.78 Å². The van der Waals surface area contributed by atoms with Gasteiger partial charge < -0.3 is 4.74 Å². The fourth-order valence-electron chi connectivity index (χ4n) is 3.57. The number of hydrogen-bond donors (Lipinski definition) is 0. The predicted molar refractivity (Wildman–Crippen MR) is 103 cm³/mol. The second-order valence-corrected chi connectivity index (χ2v) is 8.82. The summed E-state index contributed by atoms with van der Waals surface area (Å²) in [6.07, 6.45) is 3.78. The molecule has 1 aromatic carbocycles. The number of benzene rings is 1. The molecule has 7 heteroatoms. The average Bonchev–Trinajstić information content (AvgIpc) is 2.84. The topological polar surface area (TPSA) is 50.8 Å². The highest BCUT2D eigenvalue weighted by Gasteiger charge is 2.36. The molecule has 0 unspecified atom stereocenters. The molecule has 1 aromatic heterocycles. The van der Waals surface area contributed by atoms with E-state index in [4.69, 9.17) is 16.3 Å². The highest BCUT2D eigenvalue weighted by atomic mass is 127. The molecule has 0 radical (unpaired) electrons. The van der Waals surface area contributed by atoms with E-state index in [2.05, 4.69) is 47.6 Å². The molecular formula is C18H18ClFIN3O. The van der Waals surface area contributed by atoms with Crippen LogP contribution < -0.4 is 4.74 Å². The summed E-state index contributed by atoms with van der Waals surface area (Å²) >= 11 is 8.15. The van der Waals surface area contributed by atoms with Gasteiger partial charge in [0.25, 0.3) is 0 Å². The molecule has 4 nitrogen and oxygen atoms in total. The zero-order chi connectivity index (χ0) is 18.4. The quantitative estimate of drug-likeness (QED) is 0.576. The van der Waals surface area contributed by atoms with Gasteiger partial charge in [0.2, 0.25) is 0 Å². The van der Waals surface area contributed by atoms with Crippen LogP contribution in [-0.4, -0.2) is 16.4 Å². The molecule has 1 aliphatic carbocycles. The third-order valence-electron chi connectivity index (χ3n) is 4.58. The van der Waals surface area contributed by atoms with E-state index >= 15 is 0 Å². The zero-order valence-electron chi connectivity index (χ0n) is 14.2. The van der Waals surface area contributed by atoms with Gasteiger partial charge in [0, 0.05) is 13.1 Å². The molecule has 0 N–H and O–H groups in total. The molecule has 3 rings (SSSR count). The number of aromatic nitrogens is 2. The Hall–Kier alpha value is -1.33. The van der Waals surface area contributed by atoms with Gasteiger partial charge >= 0.3 is 0 Å². The van der Waals surface area contributed by atoms with Crippen LogP contribution in [0.5, 0.6) is 5.75 Å². The van der Waals surface area contributed by atoms with Crippen LogP contribution in [0.15, 0.2) is 12.3 Å². The first-order valence-electron chi connectivity index (χ1n) is 7.96. The average molecular weight is 474 g/mol. The van der Waals surface area contributed by atoms with Gasteiger partial charge in [-0.15, -0.1) is 0 Å². The third-order valence-corrected chi connectivity index (χ3v) is 5.65. The molecule has 25 heavy (non-hydrogen) atoms. The summed E-state index contributed by atoms with van der Waals surface area (Å²) in [6.45, 7) is 4.95. The minimum Gasteiger partial charge on any atom is -0.492 e. The van der Waals surface area contributed by atoms with Crippen LogP contribution in [0.2, 0.25) is 5.02 Å². The molecule has 0 atom stereocenters. The molecule has 1 saturated carbocycles. The van der Waals surface area contributed by atoms with E-state index in [9.17, 15) is 9.65 Å². The van der Waals surface area contributed by atoms with Crippen molar-refractivity contribution in [3.8, 4) is 23.1 Å². The monoisotopic (exact) mass is 473 g/mol. The van der Waals surface area contributed by atoms with Crippen LogP contribution in [-0.2, 0) is 7.05 Å². The van der Waals surface area contributed by atoms with Gasteiger partial charge in [-0.1, -0.05) is 25.4 Å².